The van der Waals surface area contributed by atoms with E-state index in [1.807, 2.05) is 0 Å². The molecule has 0 aromatic heterocycles. The quantitative estimate of drug-likeness (QED) is 0.741. The minimum absolute atomic E-state index is 0.0867. The van der Waals surface area contributed by atoms with Gasteiger partial charge in [-0.2, -0.15) is 13.2 Å². The molecule has 0 spiro atoms. The number of anilines is 1. The Morgan fingerprint density at radius 2 is 1.95 bits per heavy atom. The van der Waals surface area contributed by atoms with Crippen molar-refractivity contribution in [1.29, 1.82) is 0 Å². The van der Waals surface area contributed by atoms with Crippen LogP contribution in [0, 0.1) is 5.82 Å². The molecule has 1 aromatic carbocycles. The number of amides is 2. The lowest BCUT2D eigenvalue weighted by atomic mass is 10.2. The molecule has 1 atom stereocenters. The number of rotatable bonds is 4. The fraction of sp³-hybridized carbons (Fsp3) is 0.364. The molecule has 19 heavy (non-hydrogen) atoms. The molecule has 0 aliphatic rings. The molecule has 0 aliphatic carbocycles. The summed E-state index contributed by atoms with van der Waals surface area (Å²) in [5, 5.41) is 12.9. The topological polar surface area (TPSA) is 61.4 Å². The van der Waals surface area contributed by atoms with Crippen molar-refractivity contribution in [2.75, 3.05) is 11.9 Å². The van der Waals surface area contributed by atoms with Crippen molar-refractivity contribution in [2.24, 2.45) is 0 Å². The standard InChI is InChI=1S/C11H12F4N2O2/c12-7-3-1-2-4-8(7)17-10(19)16-6-5-9(18)11(13,14)15/h1-4,9,18H,5-6H2,(H2,16,17,19). The predicted octanol–water partition coefficient (Wildman–Crippen LogP) is 2.26. The third-order valence-corrected chi connectivity index (χ3v) is 2.20. The lowest BCUT2D eigenvalue weighted by Gasteiger charge is -2.14. The van der Waals surface area contributed by atoms with E-state index in [1.165, 1.54) is 18.2 Å². The van der Waals surface area contributed by atoms with Gasteiger partial charge in [-0.15, -0.1) is 0 Å². The van der Waals surface area contributed by atoms with Crippen LogP contribution in [0.2, 0.25) is 0 Å². The first kappa shape index (κ1) is 15.2. The summed E-state index contributed by atoms with van der Waals surface area (Å²) in [6.45, 7) is -0.388. The zero-order chi connectivity index (χ0) is 14.5. The van der Waals surface area contributed by atoms with Gasteiger partial charge in [0.15, 0.2) is 6.10 Å². The highest BCUT2D eigenvalue weighted by molar-refractivity contribution is 5.89. The zero-order valence-corrected chi connectivity index (χ0v) is 9.67. The first-order valence-corrected chi connectivity index (χ1v) is 5.35. The summed E-state index contributed by atoms with van der Waals surface area (Å²) in [6.07, 6.45) is -7.89. The van der Waals surface area contributed by atoms with Gasteiger partial charge >= 0.3 is 12.2 Å². The van der Waals surface area contributed by atoms with Crippen LogP contribution in [-0.2, 0) is 0 Å². The van der Waals surface area contributed by atoms with E-state index < -0.39 is 30.5 Å². The van der Waals surface area contributed by atoms with Crippen LogP contribution in [0.25, 0.3) is 0 Å². The van der Waals surface area contributed by atoms with Crippen LogP contribution in [0.3, 0.4) is 0 Å². The molecule has 0 aliphatic heterocycles. The molecule has 1 aromatic rings. The number of urea groups is 1. The molecule has 0 saturated heterocycles. The van der Waals surface area contributed by atoms with Crippen LogP contribution in [0.15, 0.2) is 24.3 Å². The van der Waals surface area contributed by atoms with Crippen LogP contribution in [0.4, 0.5) is 28.0 Å². The number of aliphatic hydroxyl groups is 1. The molecule has 2 amide bonds. The zero-order valence-electron chi connectivity index (χ0n) is 9.67. The van der Waals surface area contributed by atoms with E-state index in [4.69, 9.17) is 5.11 Å². The molecule has 4 nitrogen and oxygen atoms in total. The number of carbonyl (C=O) groups excluding carboxylic acids is 1. The minimum Gasteiger partial charge on any atom is -0.384 e. The smallest absolute Gasteiger partial charge is 0.384 e. The molecule has 0 bridgehead atoms. The van der Waals surface area contributed by atoms with Crippen LogP contribution in [-0.4, -0.2) is 30.0 Å². The molecule has 1 rings (SSSR count). The van der Waals surface area contributed by atoms with Crippen molar-refractivity contribution in [2.45, 2.75) is 18.7 Å². The second kappa shape index (κ2) is 6.37. The van der Waals surface area contributed by atoms with E-state index in [2.05, 4.69) is 10.6 Å². The Morgan fingerprint density at radius 1 is 1.32 bits per heavy atom. The average molecular weight is 280 g/mol. The number of alkyl halides is 3. The van der Waals surface area contributed by atoms with Gasteiger partial charge < -0.3 is 15.7 Å². The molecule has 0 fully saturated rings. The van der Waals surface area contributed by atoms with Crippen molar-refractivity contribution in [3.05, 3.63) is 30.1 Å². The Morgan fingerprint density at radius 3 is 2.53 bits per heavy atom. The van der Waals surface area contributed by atoms with Gasteiger partial charge in [0.2, 0.25) is 0 Å². The molecule has 0 radical (unpaired) electrons. The third kappa shape index (κ3) is 5.12. The monoisotopic (exact) mass is 280 g/mol. The number of hydrogen-bond donors (Lipinski definition) is 3. The van der Waals surface area contributed by atoms with Gasteiger partial charge in [-0.25, -0.2) is 9.18 Å². The number of hydrogen-bond acceptors (Lipinski definition) is 2. The fourth-order valence-electron chi connectivity index (χ4n) is 1.22. The Balaban J connectivity index is 2.35. The summed E-state index contributed by atoms with van der Waals surface area (Å²) < 4.78 is 49.0. The van der Waals surface area contributed by atoms with Crippen LogP contribution in [0.1, 0.15) is 6.42 Å². The average Bonchev–Trinajstić information content (AvgIpc) is 2.31. The molecule has 106 valence electrons. The number of para-hydroxylation sites is 1. The Hall–Kier alpha value is -1.83. The maximum Gasteiger partial charge on any atom is 0.414 e. The van der Waals surface area contributed by atoms with Crippen LogP contribution in [0.5, 0.6) is 0 Å². The Kier molecular flexibility index (Phi) is 5.11. The van der Waals surface area contributed by atoms with E-state index in [-0.39, 0.29) is 12.2 Å². The largest absolute Gasteiger partial charge is 0.414 e. The minimum atomic E-state index is -4.72. The van der Waals surface area contributed by atoms with E-state index in [9.17, 15) is 22.4 Å². The van der Waals surface area contributed by atoms with Crippen LogP contribution >= 0.6 is 0 Å². The van der Waals surface area contributed by atoms with Crippen LogP contribution < -0.4 is 10.6 Å². The van der Waals surface area contributed by atoms with Gasteiger partial charge in [-0.1, -0.05) is 12.1 Å². The number of carbonyl (C=O) groups is 1. The molecule has 0 saturated carbocycles. The third-order valence-electron chi connectivity index (χ3n) is 2.20. The van der Waals surface area contributed by atoms with Crippen molar-refractivity contribution < 1.29 is 27.5 Å². The maximum atomic E-state index is 13.1. The van der Waals surface area contributed by atoms with Gasteiger partial charge in [0.05, 0.1) is 5.69 Å². The van der Waals surface area contributed by atoms with Gasteiger partial charge in [-0.05, 0) is 18.6 Å². The molecular formula is C11H12F4N2O2. The van der Waals surface area contributed by atoms with Gasteiger partial charge in [0.25, 0.3) is 0 Å². The molecule has 3 N–H and O–H groups in total. The summed E-state index contributed by atoms with van der Waals surface area (Å²) in [5.41, 5.74) is -0.0867. The number of nitrogens with one attached hydrogen (secondary N) is 2. The fourth-order valence-corrected chi connectivity index (χ4v) is 1.22. The van der Waals surface area contributed by atoms with Gasteiger partial charge in [-0.3, -0.25) is 0 Å². The van der Waals surface area contributed by atoms with E-state index in [0.717, 1.165) is 6.07 Å². The van der Waals surface area contributed by atoms with E-state index >= 15 is 0 Å². The normalized spacial score (nSPS) is 12.9. The summed E-state index contributed by atoms with van der Waals surface area (Å²) in [5.74, 6) is -0.659. The molecule has 8 heteroatoms. The highest BCUT2D eigenvalue weighted by atomic mass is 19.4. The molecular weight excluding hydrogens is 268 g/mol. The molecule has 0 heterocycles. The van der Waals surface area contributed by atoms with Crippen molar-refractivity contribution in [1.82, 2.24) is 5.32 Å². The highest BCUT2D eigenvalue weighted by Crippen LogP contribution is 2.21. The first-order chi connectivity index (χ1) is 8.80. The lowest BCUT2D eigenvalue weighted by molar-refractivity contribution is -0.204. The number of benzene rings is 1. The summed E-state index contributed by atoms with van der Waals surface area (Å²) in [4.78, 5) is 11.2. The SMILES string of the molecule is O=C(NCCC(O)C(F)(F)F)Nc1ccccc1F. The van der Waals surface area contributed by atoms with Crippen molar-refractivity contribution in [3.63, 3.8) is 0 Å². The van der Waals surface area contributed by atoms with E-state index in [1.54, 1.807) is 0 Å². The Labute approximate surface area is 106 Å². The lowest BCUT2D eigenvalue weighted by Crippen LogP contribution is -2.35. The number of aliphatic hydroxyl groups excluding tert-OH is 1. The molecule has 1 unspecified atom stereocenters. The predicted molar refractivity (Wildman–Crippen MR) is 60.1 cm³/mol. The highest BCUT2D eigenvalue weighted by Gasteiger charge is 2.37. The summed E-state index contributed by atoms with van der Waals surface area (Å²) in [6, 6.07) is 4.51. The first-order valence-electron chi connectivity index (χ1n) is 5.35. The Bertz CT molecular complexity index is 437. The second-order valence-electron chi connectivity index (χ2n) is 3.71. The number of halogens is 4. The summed E-state index contributed by atoms with van der Waals surface area (Å²) >= 11 is 0. The maximum absolute atomic E-state index is 13.1. The van der Waals surface area contributed by atoms with Gasteiger partial charge in [0.1, 0.15) is 5.82 Å². The van der Waals surface area contributed by atoms with Crippen molar-refractivity contribution in [3.8, 4) is 0 Å². The summed E-state index contributed by atoms with van der Waals surface area (Å²) in [7, 11) is 0. The van der Waals surface area contributed by atoms with Gasteiger partial charge in [0, 0.05) is 6.54 Å². The van der Waals surface area contributed by atoms with Crippen molar-refractivity contribution >= 4 is 11.7 Å². The second-order valence-corrected chi connectivity index (χ2v) is 3.71. The van der Waals surface area contributed by atoms with E-state index in [0.29, 0.717) is 0 Å².